The Hall–Kier alpha value is -2.38. The highest BCUT2D eigenvalue weighted by atomic mass is 35.5. The first-order valence-electron chi connectivity index (χ1n) is 5.40. The van der Waals surface area contributed by atoms with Gasteiger partial charge in [0.2, 0.25) is 0 Å². The number of methoxy groups -OCH3 is 1. The molecule has 0 aliphatic rings. The molecule has 0 aliphatic heterocycles. The number of aromatic nitrogens is 1. The van der Waals surface area contributed by atoms with Crippen molar-refractivity contribution in [3.05, 3.63) is 52.7 Å². The van der Waals surface area contributed by atoms with Crippen molar-refractivity contribution in [2.24, 2.45) is 0 Å². The van der Waals surface area contributed by atoms with Crippen LogP contribution in [0.3, 0.4) is 0 Å². The van der Waals surface area contributed by atoms with Crippen LogP contribution >= 0.6 is 11.6 Å². The molecule has 94 valence electrons. The summed E-state index contributed by atoms with van der Waals surface area (Å²) in [7, 11) is 1.31. The third-order valence-electron chi connectivity index (χ3n) is 2.56. The van der Waals surface area contributed by atoms with E-state index in [9.17, 15) is 4.79 Å². The summed E-state index contributed by atoms with van der Waals surface area (Å²) in [4.78, 5) is 15.6. The predicted molar refractivity (Wildman–Crippen MR) is 70.7 cm³/mol. The molecule has 5 heteroatoms. The molecule has 0 radical (unpaired) electrons. The number of halogens is 1. The van der Waals surface area contributed by atoms with Gasteiger partial charge in [-0.1, -0.05) is 11.6 Å². The van der Waals surface area contributed by atoms with Crippen LogP contribution in [0.4, 0.5) is 0 Å². The lowest BCUT2D eigenvalue weighted by Gasteiger charge is -2.05. The Morgan fingerprint density at radius 2 is 2.16 bits per heavy atom. The molecule has 0 saturated carbocycles. The fourth-order valence-electron chi connectivity index (χ4n) is 1.65. The van der Waals surface area contributed by atoms with Gasteiger partial charge in [0.05, 0.1) is 30.0 Å². The van der Waals surface area contributed by atoms with Gasteiger partial charge < -0.3 is 4.74 Å². The number of hydrogen-bond acceptors (Lipinski definition) is 4. The lowest BCUT2D eigenvalue weighted by Crippen LogP contribution is -2.02. The Bertz CT molecular complexity index is 677. The maximum Gasteiger partial charge on any atom is 0.337 e. The zero-order valence-corrected chi connectivity index (χ0v) is 10.8. The highest BCUT2D eigenvalue weighted by Crippen LogP contribution is 2.25. The number of nitriles is 1. The molecule has 2 aromatic rings. The number of carbonyl (C=O) groups is 1. The first-order chi connectivity index (χ1) is 9.15. The van der Waals surface area contributed by atoms with Gasteiger partial charge in [0.15, 0.2) is 0 Å². The summed E-state index contributed by atoms with van der Waals surface area (Å²) in [5, 5.41) is 9.58. The number of ether oxygens (including phenoxy) is 1. The van der Waals surface area contributed by atoms with Crippen LogP contribution in [0, 0.1) is 11.3 Å². The SMILES string of the molecule is COC(=O)c1ccnc(-c2ccc(Cl)cc2C#N)c1. The van der Waals surface area contributed by atoms with Crippen molar-refractivity contribution in [1.29, 1.82) is 5.26 Å². The van der Waals surface area contributed by atoms with Crippen LogP contribution in [0.15, 0.2) is 36.5 Å². The Balaban J connectivity index is 2.54. The van der Waals surface area contributed by atoms with Gasteiger partial charge in [-0.05, 0) is 30.3 Å². The van der Waals surface area contributed by atoms with Crippen LogP contribution in [0.5, 0.6) is 0 Å². The summed E-state index contributed by atoms with van der Waals surface area (Å²) in [5.74, 6) is -0.448. The molecule has 0 atom stereocenters. The summed E-state index contributed by atoms with van der Waals surface area (Å²) < 4.78 is 4.65. The smallest absolute Gasteiger partial charge is 0.337 e. The molecular formula is C14H9ClN2O2. The first-order valence-corrected chi connectivity index (χ1v) is 5.78. The fraction of sp³-hybridized carbons (Fsp3) is 0.0714. The van der Waals surface area contributed by atoms with Crippen molar-refractivity contribution in [2.45, 2.75) is 0 Å². The van der Waals surface area contributed by atoms with E-state index in [0.717, 1.165) is 0 Å². The van der Waals surface area contributed by atoms with Crippen LogP contribution in [0.2, 0.25) is 5.02 Å². The number of nitrogens with zero attached hydrogens (tertiary/aromatic N) is 2. The molecule has 0 aliphatic carbocycles. The van der Waals surface area contributed by atoms with Gasteiger partial charge in [-0.2, -0.15) is 5.26 Å². The molecule has 1 aromatic carbocycles. The second-order valence-electron chi connectivity index (χ2n) is 3.72. The summed E-state index contributed by atoms with van der Waals surface area (Å²) in [6.07, 6.45) is 1.50. The highest BCUT2D eigenvalue weighted by Gasteiger charge is 2.11. The van der Waals surface area contributed by atoms with E-state index in [2.05, 4.69) is 15.8 Å². The van der Waals surface area contributed by atoms with Gasteiger partial charge in [-0.3, -0.25) is 4.98 Å². The molecule has 0 amide bonds. The second kappa shape index (κ2) is 5.51. The Kier molecular flexibility index (Phi) is 3.79. The molecule has 1 aromatic heterocycles. The number of esters is 1. The van der Waals surface area contributed by atoms with Crippen LogP contribution in [-0.4, -0.2) is 18.1 Å². The minimum Gasteiger partial charge on any atom is -0.465 e. The van der Waals surface area contributed by atoms with E-state index in [0.29, 0.717) is 27.4 Å². The zero-order valence-electron chi connectivity index (χ0n) is 10.1. The maximum absolute atomic E-state index is 11.5. The fourth-order valence-corrected chi connectivity index (χ4v) is 1.83. The summed E-state index contributed by atoms with van der Waals surface area (Å²) in [5.41, 5.74) is 1.93. The van der Waals surface area contributed by atoms with Gasteiger partial charge in [0.1, 0.15) is 0 Å². The number of hydrogen-bond donors (Lipinski definition) is 0. The third kappa shape index (κ3) is 2.72. The summed E-state index contributed by atoms with van der Waals surface area (Å²) in [6.45, 7) is 0. The standard InChI is InChI=1S/C14H9ClN2O2/c1-19-14(18)9-4-5-17-13(7-9)12-3-2-11(15)6-10(12)8-16/h2-7H,1H3. The quantitative estimate of drug-likeness (QED) is 0.788. The van der Waals surface area contributed by atoms with Gasteiger partial charge in [-0.25, -0.2) is 4.79 Å². The number of pyridine rings is 1. The molecule has 19 heavy (non-hydrogen) atoms. The average molecular weight is 273 g/mol. The molecule has 0 fully saturated rings. The topological polar surface area (TPSA) is 63.0 Å². The van der Waals surface area contributed by atoms with E-state index in [1.54, 1.807) is 30.3 Å². The van der Waals surface area contributed by atoms with Gasteiger partial charge in [0.25, 0.3) is 0 Å². The summed E-state index contributed by atoms with van der Waals surface area (Å²) >= 11 is 5.84. The molecule has 1 heterocycles. The van der Waals surface area contributed by atoms with E-state index in [1.165, 1.54) is 13.3 Å². The van der Waals surface area contributed by atoms with E-state index in [4.69, 9.17) is 16.9 Å². The molecule has 0 unspecified atom stereocenters. The normalized spacial score (nSPS) is 9.74. The van der Waals surface area contributed by atoms with Gasteiger partial charge in [0, 0.05) is 16.8 Å². The van der Waals surface area contributed by atoms with E-state index in [-0.39, 0.29) is 0 Å². The van der Waals surface area contributed by atoms with Crippen molar-refractivity contribution in [3.63, 3.8) is 0 Å². The van der Waals surface area contributed by atoms with E-state index < -0.39 is 5.97 Å². The number of carbonyl (C=O) groups excluding carboxylic acids is 1. The predicted octanol–water partition coefficient (Wildman–Crippen LogP) is 3.06. The Morgan fingerprint density at radius 1 is 1.37 bits per heavy atom. The third-order valence-corrected chi connectivity index (χ3v) is 2.79. The van der Waals surface area contributed by atoms with Crippen molar-refractivity contribution in [1.82, 2.24) is 4.98 Å². The minimum absolute atomic E-state index is 0.381. The molecule has 0 spiro atoms. The molecule has 0 N–H and O–H groups in total. The second-order valence-corrected chi connectivity index (χ2v) is 4.16. The molecule has 0 saturated heterocycles. The number of rotatable bonds is 2. The monoisotopic (exact) mass is 272 g/mol. The Labute approximate surface area is 115 Å². The van der Waals surface area contributed by atoms with Crippen molar-refractivity contribution >= 4 is 17.6 Å². The molecule has 0 bridgehead atoms. The largest absolute Gasteiger partial charge is 0.465 e. The average Bonchev–Trinajstić information content (AvgIpc) is 2.46. The van der Waals surface area contributed by atoms with Crippen molar-refractivity contribution in [2.75, 3.05) is 7.11 Å². The van der Waals surface area contributed by atoms with Crippen LogP contribution in [0.25, 0.3) is 11.3 Å². The van der Waals surface area contributed by atoms with Gasteiger partial charge >= 0.3 is 5.97 Å². The lowest BCUT2D eigenvalue weighted by atomic mass is 10.0. The van der Waals surface area contributed by atoms with Crippen molar-refractivity contribution < 1.29 is 9.53 Å². The zero-order chi connectivity index (χ0) is 13.8. The van der Waals surface area contributed by atoms with Crippen molar-refractivity contribution in [3.8, 4) is 17.3 Å². The number of benzene rings is 1. The van der Waals surface area contributed by atoms with Crippen LogP contribution < -0.4 is 0 Å². The minimum atomic E-state index is -0.448. The van der Waals surface area contributed by atoms with Gasteiger partial charge in [-0.15, -0.1) is 0 Å². The first kappa shape index (κ1) is 13.1. The van der Waals surface area contributed by atoms with Crippen LogP contribution in [-0.2, 0) is 4.74 Å². The molecule has 2 rings (SSSR count). The maximum atomic E-state index is 11.5. The summed E-state index contributed by atoms with van der Waals surface area (Å²) in [6, 6.07) is 10.1. The highest BCUT2D eigenvalue weighted by molar-refractivity contribution is 6.30. The molecule has 4 nitrogen and oxygen atoms in total. The Morgan fingerprint density at radius 3 is 2.84 bits per heavy atom. The molecular weight excluding hydrogens is 264 g/mol. The van der Waals surface area contributed by atoms with Crippen LogP contribution in [0.1, 0.15) is 15.9 Å². The van der Waals surface area contributed by atoms with E-state index in [1.807, 2.05) is 0 Å². The lowest BCUT2D eigenvalue weighted by molar-refractivity contribution is 0.0600. The van der Waals surface area contributed by atoms with E-state index >= 15 is 0 Å².